The van der Waals surface area contributed by atoms with Gasteiger partial charge >= 0.3 is 5.97 Å². The number of amides is 1. The molecule has 1 unspecified atom stereocenters. The van der Waals surface area contributed by atoms with Crippen LogP contribution in [0.15, 0.2) is 0 Å². The first-order chi connectivity index (χ1) is 7.78. The fraction of sp³-hybridized carbons (Fsp3) is 0.636. The Balaban J connectivity index is 4.57. The fourth-order valence-corrected chi connectivity index (χ4v) is 0.891. The first kappa shape index (κ1) is 15.4. The third-order valence-electron chi connectivity index (χ3n) is 1.52. The van der Waals surface area contributed by atoms with Crippen LogP contribution in [0.1, 0.15) is 27.2 Å². The predicted molar refractivity (Wildman–Crippen MR) is 61.1 cm³/mol. The van der Waals surface area contributed by atoms with Gasteiger partial charge in [-0.1, -0.05) is 11.8 Å². The zero-order valence-electron chi connectivity index (χ0n) is 10.3. The lowest BCUT2D eigenvalue weighted by Gasteiger charge is -2.20. The highest BCUT2D eigenvalue weighted by molar-refractivity contribution is 6.00. The first-order valence-electron chi connectivity index (χ1n) is 5.10. The maximum Gasteiger partial charge on any atom is 0.331 e. The summed E-state index contributed by atoms with van der Waals surface area (Å²) in [5, 5.41) is 0. The second kappa shape index (κ2) is 6.89. The van der Waals surface area contributed by atoms with Gasteiger partial charge in [-0.15, -0.1) is 0 Å². The van der Waals surface area contributed by atoms with Crippen molar-refractivity contribution >= 4 is 11.9 Å². The lowest BCUT2D eigenvalue weighted by molar-refractivity contribution is -0.159. The van der Waals surface area contributed by atoms with Crippen LogP contribution in [0.3, 0.4) is 0 Å². The smallest absolute Gasteiger partial charge is 0.331 e. The minimum atomic E-state index is -1.26. The topological polar surface area (TPSA) is 105 Å². The number of esters is 1. The van der Waals surface area contributed by atoms with Gasteiger partial charge in [0.25, 0.3) is 0 Å². The summed E-state index contributed by atoms with van der Waals surface area (Å²) in [6, 6.07) is 0. The summed E-state index contributed by atoms with van der Waals surface area (Å²) < 4.78 is 5.02. The van der Waals surface area contributed by atoms with Gasteiger partial charge < -0.3 is 15.3 Å². The Morgan fingerprint density at radius 2 is 1.94 bits per heavy atom. The van der Waals surface area contributed by atoms with Crippen LogP contribution in [-0.4, -0.2) is 24.1 Å². The Hall–Kier alpha value is -1.58. The summed E-state index contributed by atoms with van der Waals surface area (Å²) in [7, 11) is 0. The van der Waals surface area contributed by atoms with E-state index in [1.807, 2.05) is 0 Å². The lowest BCUT2D eigenvalue weighted by atomic mass is 10.1. The van der Waals surface area contributed by atoms with Crippen LogP contribution in [0.25, 0.3) is 0 Å². The van der Waals surface area contributed by atoms with Crippen molar-refractivity contribution in [1.82, 2.24) is 0 Å². The molecule has 0 radical (unpaired) electrons. The third-order valence-corrected chi connectivity index (χ3v) is 1.52. The Morgan fingerprint density at radius 3 is 2.35 bits per heavy atom. The summed E-state index contributed by atoms with van der Waals surface area (Å²) in [6.07, 6.45) is 0.309. The molecule has 17 heavy (non-hydrogen) atoms. The van der Waals surface area contributed by atoms with Gasteiger partial charge in [0.15, 0.2) is 5.92 Å². The van der Waals surface area contributed by atoms with Gasteiger partial charge in [0.1, 0.15) is 5.60 Å². The molecular formula is C11H18N2O4. The van der Waals surface area contributed by atoms with Gasteiger partial charge in [0.2, 0.25) is 5.91 Å². The van der Waals surface area contributed by atoms with E-state index < -0.39 is 23.4 Å². The van der Waals surface area contributed by atoms with Crippen LogP contribution in [0, 0.1) is 17.8 Å². The molecule has 0 saturated carbocycles. The SMILES string of the molecule is CC(C)(C)OC(=O)C(C#CCCON)C(N)=O. The second-order valence-corrected chi connectivity index (χ2v) is 4.31. The van der Waals surface area contributed by atoms with Gasteiger partial charge in [-0.3, -0.25) is 9.59 Å². The van der Waals surface area contributed by atoms with Crippen molar-refractivity contribution in [1.29, 1.82) is 0 Å². The molecule has 0 aromatic heterocycles. The number of ether oxygens (including phenoxy) is 1. The van der Waals surface area contributed by atoms with Crippen molar-refractivity contribution in [2.75, 3.05) is 6.61 Å². The molecule has 0 spiro atoms. The van der Waals surface area contributed by atoms with E-state index in [0.717, 1.165) is 0 Å². The van der Waals surface area contributed by atoms with Crippen molar-refractivity contribution in [3.05, 3.63) is 0 Å². The molecule has 6 heteroatoms. The standard InChI is InChI=1S/C11H18N2O4/c1-11(2,3)17-10(15)8(9(12)14)6-4-5-7-16-13/h8H,5,7,13H2,1-3H3,(H2,12,14). The molecule has 0 rings (SSSR count). The third kappa shape index (κ3) is 7.33. The van der Waals surface area contributed by atoms with E-state index in [1.54, 1.807) is 20.8 Å². The molecule has 1 atom stereocenters. The Morgan fingerprint density at radius 1 is 1.35 bits per heavy atom. The Bertz CT molecular complexity index is 336. The van der Waals surface area contributed by atoms with Crippen LogP contribution < -0.4 is 11.6 Å². The predicted octanol–water partition coefficient (Wildman–Crippen LogP) is -0.287. The van der Waals surface area contributed by atoms with Crippen molar-refractivity contribution in [3.63, 3.8) is 0 Å². The number of hydrogen-bond donors (Lipinski definition) is 2. The molecule has 96 valence electrons. The minimum absolute atomic E-state index is 0.215. The zero-order chi connectivity index (χ0) is 13.5. The maximum absolute atomic E-state index is 11.6. The highest BCUT2D eigenvalue weighted by Crippen LogP contribution is 2.10. The molecule has 0 aliphatic rings. The summed E-state index contributed by atoms with van der Waals surface area (Å²) in [4.78, 5) is 26.9. The molecule has 0 bridgehead atoms. The molecule has 1 amide bonds. The molecule has 0 fully saturated rings. The normalized spacial score (nSPS) is 12.2. The zero-order valence-corrected chi connectivity index (χ0v) is 10.3. The molecule has 4 N–H and O–H groups in total. The average molecular weight is 242 g/mol. The van der Waals surface area contributed by atoms with Gasteiger partial charge in [-0.25, -0.2) is 5.90 Å². The van der Waals surface area contributed by atoms with E-state index in [0.29, 0.717) is 6.42 Å². The lowest BCUT2D eigenvalue weighted by Crippen LogP contribution is -2.35. The highest BCUT2D eigenvalue weighted by Gasteiger charge is 2.27. The number of rotatable bonds is 4. The molecule has 0 aromatic carbocycles. The number of carbonyl (C=O) groups excluding carboxylic acids is 2. The van der Waals surface area contributed by atoms with Crippen LogP contribution in [-0.2, 0) is 19.2 Å². The second-order valence-electron chi connectivity index (χ2n) is 4.31. The van der Waals surface area contributed by atoms with E-state index in [2.05, 4.69) is 16.7 Å². The quantitative estimate of drug-likeness (QED) is 0.232. The maximum atomic E-state index is 11.6. The van der Waals surface area contributed by atoms with Gasteiger partial charge in [-0.2, -0.15) is 0 Å². The molecular weight excluding hydrogens is 224 g/mol. The first-order valence-corrected chi connectivity index (χ1v) is 5.10. The summed E-state index contributed by atoms with van der Waals surface area (Å²) in [5.74, 6) is 6.98. The molecule has 6 nitrogen and oxygen atoms in total. The molecule has 0 saturated heterocycles. The summed E-state index contributed by atoms with van der Waals surface area (Å²) in [5.41, 5.74) is 4.39. The van der Waals surface area contributed by atoms with E-state index in [-0.39, 0.29) is 6.61 Å². The Kier molecular flexibility index (Phi) is 6.25. The van der Waals surface area contributed by atoms with Crippen molar-refractivity contribution in [2.45, 2.75) is 32.8 Å². The molecule has 0 aliphatic heterocycles. The van der Waals surface area contributed by atoms with Gasteiger partial charge in [0.05, 0.1) is 6.61 Å². The number of carbonyl (C=O) groups is 2. The molecule has 0 aliphatic carbocycles. The van der Waals surface area contributed by atoms with Gasteiger partial charge in [-0.05, 0) is 20.8 Å². The van der Waals surface area contributed by atoms with E-state index in [9.17, 15) is 9.59 Å². The van der Waals surface area contributed by atoms with E-state index in [4.69, 9.17) is 16.4 Å². The van der Waals surface area contributed by atoms with Crippen molar-refractivity contribution in [2.24, 2.45) is 17.5 Å². The van der Waals surface area contributed by atoms with Crippen LogP contribution in [0.2, 0.25) is 0 Å². The highest BCUT2D eigenvalue weighted by atomic mass is 16.6. The summed E-state index contributed by atoms with van der Waals surface area (Å²) >= 11 is 0. The van der Waals surface area contributed by atoms with Crippen molar-refractivity contribution < 1.29 is 19.2 Å². The van der Waals surface area contributed by atoms with Crippen molar-refractivity contribution in [3.8, 4) is 11.8 Å². The largest absolute Gasteiger partial charge is 0.459 e. The fourth-order valence-electron chi connectivity index (χ4n) is 0.891. The van der Waals surface area contributed by atoms with E-state index >= 15 is 0 Å². The number of hydrogen-bond acceptors (Lipinski definition) is 5. The molecule has 0 heterocycles. The number of nitrogens with two attached hydrogens (primary N) is 2. The van der Waals surface area contributed by atoms with Crippen LogP contribution in [0.5, 0.6) is 0 Å². The van der Waals surface area contributed by atoms with E-state index in [1.165, 1.54) is 0 Å². The van der Waals surface area contributed by atoms with Crippen LogP contribution in [0.4, 0.5) is 0 Å². The number of primary amides is 1. The van der Waals surface area contributed by atoms with Gasteiger partial charge in [0, 0.05) is 6.42 Å². The van der Waals surface area contributed by atoms with Crippen LogP contribution >= 0.6 is 0 Å². The monoisotopic (exact) mass is 242 g/mol. The molecule has 0 aromatic rings. The average Bonchev–Trinajstić information content (AvgIpc) is 2.14. The Labute approximate surface area is 101 Å². The minimum Gasteiger partial charge on any atom is -0.459 e. The summed E-state index contributed by atoms with van der Waals surface area (Å²) in [6.45, 7) is 5.29.